The molecule has 7 heteroatoms. The maximum atomic E-state index is 10.6. The summed E-state index contributed by atoms with van der Waals surface area (Å²) in [6, 6.07) is 2.22. The number of hydrogen-bond donors (Lipinski definition) is 1. The van der Waals surface area contributed by atoms with Crippen molar-refractivity contribution in [2.24, 2.45) is 0 Å². The first-order valence-corrected chi connectivity index (χ1v) is 16.9. The molecule has 1 heterocycles. The lowest BCUT2D eigenvalue weighted by atomic mass is 10.1. The molecule has 0 bridgehead atoms. The van der Waals surface area contributed by atoms with Crippen molar-refractivity contribution in [3.63, 3.8) is 0 Å². The summed E-state index contributed by atoms with van der Waals surface area (Å²) in [5.74, 6) is -0.737. The highest BCUT2D eigenvalue weighted by Crippen LogP contribution is 2.28. The third-order valence-electron chi connectivity index (χ3n) is 4.19. The fourth-order valence-corrected chi connectivity index (χ4v) is 4.07. The molecule has 1 aliphatic rings. The van der Waals surface area contributed by atoms with E-state index in [-0.39, 0.29) is 12.2 Å². The number of aliphatic hydroxyl groups excluding tert-OH is 1. The Bertz CT molecular complexity index is 356. The van der Waals surface area contributed by atoms with Crippen LogP contribution in [0.1, 0.15) is 13.8 Å². The number of ether oxygens (including phenoxy) is 4. The minimum atomic E-state index is -1.11. The Morgan fingerprint density at radius 2 is 1.16 bits per heavy atom. The van der Waals surface area contributed by atoms with Crippen LogP contribution in [-0.4, -0.2) is 71.8 Å². The Labute approximate surface area is 156 Å². The molecule has 1 N–H and O–H groups in total. The Hall–Kier alpha value is 0.234. The highest BCUT2D eigenvalue weighted by atomic mass is 28.3. The van der Waals surface area contributed by atoms with E-state index in [2.05, 4.69) is 39.3 Å². The van der Waals surface area contributed by atoms with E-state index in [0.29, 0.717) is 13.2 Å². The molecule has 1 aliphatic heterocycles. The maximum absolute atomic E-state index is 10.6. The van der Waals surface area contributed by atoms with Gasteiger partial charge in [0.05, 0.1) is 13.2 Å². The molecule has 150 valence electrons. The van der Waals surface area contributed by atoms with Gasteiger partial charge < -0.3 is 24.1 Å². The van der Waals surface area contributed by atoms with Gasteiger partial charge in [0.15, 0.2) is 5.79 Å². The first kappa shape index (κ1) is 23.3. The van der Waals surface area contributed by atoms with Crippen molar-refractivity contribution in [2.75, 3.05) is 26.4 Å². The van der Waals surface area contributed by atoms with Gasteiger partial charge in [-0.3, -0.25) is 0 Å². The lowest BCUT2D eigenvalue weighted by molar-refractivity contribution is -0.342. The molecule has 25 heavy (non-hydrogen) atoms. The van der Waals surface area contributed by atoms with Crippen molar-refractivity contribution in [1.29, 1.82) is 0 Å². The summed E-state index contributed by atoms with van der Waals surface area (Å²) < 4.78 is 23.3. The molecule has 2 atom stereocenters. The topological polar surface area (TPSA) is 57.2 Å². The molecule has 0 aromatic carbocycles. The summed E-state index contributed by atoms with van der Waals surface area (Å²) in [5, 5.41) is 10.6. The van der Waals surface area contributed by atoms with Crippen LogP contribution in [0.2, 0.25) is 51.4 Å². The highest BCUT2D eigenvalue weighted by molar-refractivity contribution is 6.76. The van der Waals surface area contributed by atoms with Crippen LogP contribution in [-0.2, 0) is 18.9 Å². The van der Waals surface area contributed by atoms with E-state index in [0.717, 1.165) is 25.3 Å². The molecule has 0 spiro atoms. The minimum Gasteiger partial charge on any atom is -0.388 e. The second-order valence-corrected chi connectivity index (χ2v) is 21.2. The third kappa shape index (κ3) is 10.2. The van der Waals surface area contributed by atoms with Crippen LogP contribution in [0.4, 0.5) is 0 Å². The minimum absolute atomic E-state index is 0.379. The zero-order valence-electron chi connectivity index (χ0n) is 17.6. The van der Waals surface area contributed by atoms with Gasteiger partial charge in [0.1, 0.15) is 18.3 Å². The second-order valence-electron chi connectivity index (χ2n) is 9.97. The Morgan fingerprint density at radius 1 is 0.800 bits per heavy atom. The van der Waals surface area contributed by atoms with E-state index in [1.54, 1.807) is 0 Å². The fourth-order valence-electron chi connectivity index (χ4n) is 2.56. The molecule has 0 unspecified atom stereocenters. The fraction of sp³-hybridized carbons (Fsp3) is 1.00. The highest BCUT2D eigenvalue weighted by Gasteiger charge is 2.42. The molecule has 0 amide bonds. The summed E-state index contributed by atoms with van der Waals surface area (Å²) >= 11 is 0. The summed E-state index contributed by atoms with van der Waals surface area (Å²) in [5.41, 5.74) is 0. The van der Waals surface area contributed by atoms with E-state index in [1.807, 2.05) is 13.8 Å². The molecule has 0 radical (unpaired) electrons. The summed E-state index contributed by atoms with van der Waals surface area (Å²) in [7, 11) is -2.22. The SMILES string of the molecule is CC1(C)O[C@@H](COCC[Si](C)(C)C)C(O)[C@H](COCC[Si](C)(C)C)O1. The first-order chi connectivity index (χ1) is 11.3. The molecule has 0 aliphatic carbocycles. The average molecular weight is 393 g/mol. The van der Waals surface area contributed by atoms with Crippen LogP contribution in [0.5, 0.6) is 0 Å². The lowest BCUT2D eigenvalue weighted by Gasteiger charge is -2.43. The lowest BCUT2D eigenvalue weighted by Crippen LogP contribution is -2.57. The first-order valence-electron chi connectivity index (χ1n) is 9.48. The van der Waals surface area contributed by atoms with Crippen molar-refractivity contribution < 1.29 is 24.1 Å². The van der Waals surface area contributed by atoms with Gasteiger partial charge in [0.2, 0.25) is 0 Å². The van der Waals surface area contributed by atoms with Crippen molar-refractivity contribution in [3.05, 3.63) is 0 Å². The molecule has 0 aromatic heterocycles. The van der Waals surface area contributed by atoms with Gasteiger partial charge in [0, 0.05) is 29.4 Å². The van der Waals surface area contributed by atoms with Crippen LogP contribution in [0, 0.1) is 0 Å². The Balaban J connectivity index is 2.45. The van der Waals surface area contributed by atoms with E-state index in [4.69, 9.17) is 18.9 Å². The smallest absolute Gasteiger partial charge is 0.163 e. The van der Waals surface area contributed by atoms with Crippen molar-refractivity contribution >= 4 is 16.1 Å². The van der Waals surface area contributed by atoms with Gasteiger partial charge in [0.25, 0.3) is 0 Å². The zero-order chi connectivity index (χ0) is 19.3. The maximum Gasteiger partial charge on any atom is 0.163 e. The molecule has 0 aromatic rings. The van der Waals surface area contributed by atoms with E-state index in [1.165, 1.54) is 0 Å². The van der Waals surface area contributed by atoms with Crippen LogP contribution in [0.15, 0.2) is 0 Å². The monoisotopic (exact) mass is 392 g/mol. The van der Waals surface area contributed by atoms with Crippen molar-refractivity contribution in [2.45, 2.75) is 89.3 Å². The molecule has 1 fully saturated rings. The summed E-state index contributed by atoms with van der Waals surface area (Å²) in [4.78, 5) is 0. The largest absolute Gasteiger partial charge is 0.388 e. The molecule has 5 nitrogen and oxygen atoms in total. The molecular formula is C18H40O5Si2. The molecule has 0 saturated carbocycles. The predicted molar refractivity (Wildman–Crippen MR) is 108 cm³/mol. The van der Waals surface area contributed by atoms with Gasteiger partial charge >= 0.3 is 0 Å². The van der Waals surface area contributed by atoms with Gasteiger partial charge in [-0.2, -0.15) is 0 Å². The molecule has 1 rings (SSSR count). The van der Waals surface area contributed by atoms with Crippen LogP contribution in [0.3, 0.4) is 0 Å². The number of rotatable bonds is 10. The Morgan fingerprint density at radius 3 is 1.48 bits per heavy atom. The average Bonchev–Trinajstić information content (AvgIpc) is 2.41. The third-order valence-corrected chi connectivity index (χ3v) is 7.60. The summed E-state index contributed by atoms with van der Waals surface area (Å²) in [6.45, 7) is 19.9. The van der Waals surface area contributed by atoms with Crippen molar-refractivity contribution in [1.82, 2.24) is 0 Å². The summed E-state index contributed by atoms with van der Waals surface area (Å²) in [6.07, 6.45) is -1.49. The van der Waals surface area contributed by atoms with Gasteiger partial charge in [-0.05, 0) is 25.9 Å². The van der Waals surface area contributed by atoms with Gasteiger partial charge in [-0.15, -0.1) is 0 Å². The van der Waals surface area contributed by atoms with Crippen LogP contribution >= 0.6 is 0 Å². The number of aliphatic hydroxyl groups is 1. The van der Waals surface area contributed by atoms with Crippen LogP contribution in [0.25, 0.3) is 0 Å². The van der Waals surface area contributed by atoms with Gasteiger partial charge in [-0.1, -0.05) is 39.3 Å². The van der Waals surface area contributed by atoms with Crippen LogP contribution < -0.4 is 0 Å². The van der Waals surface area contributed by atoms with E-state index in [9.17, 15) is 5.11 Å². The zero-order valence-corrected chi connectivity index (χ0v) is 19.6. The van der Waals surface area contributed by atoms with Crippen molar-refractivity contribution in [3.8, 4) is 0 Å². The predicted octanol–water partition coefficient (Wildman–Crippen LogP) is 3.58. The normalized spacial score (nSPS) is 27.5. The van der Waals surface area contributed by atoms with Gasteiger partial charge in [-0.25, -0.2) is 0 Å². The number of hydrogen-bond acceptors (Lipinski definition) is 5. The second kappa shape index (κ2) is 9.44. The Kier molecular flexibility index (Phi) is 8.78. The standard InChI is InChI=1S/C18H40O5Si2/c1-18(2)22-15(13-20-9-11-24(3,4)5)17(19)16(23-18)14-21-10-12-25(6,7)8/h15-17,19H,9-14H2,1-8H3/t15-,16-/m0/s1. The quantitative estimate of drug-likeness (QED) is 0.455. The van der Waals surface area contributed by atoms with E-state index >= 15 is 0 Å². The van der Waals surface area contributed by atoms with E-state index < -0.39 is 28.0 Å². The molecule has 1 saturated heterocycles. The molecular weight excluding hydrogens is 352 g/mol.